The van der Waals surface area contributed by atoms with Crippen LogP contribution in [-0.4, -0.2) is 0 Å². The van der Waals surface area contributed by atoms with Crippen molar-refractivity contribution in [2.75, 3.05) is 0 Å². The number of rotatable bonds is 0. The van der Waals surface area contributed by atoms with Gasteiger partial charge < -0.3 is 0 Å². The molecule has 2 aliphatic carbocycles. The summed E-state index contributed by atoms with van der Waals surface area (Å²) in [4.78, 5) is 0. The van der Waals surface area contributed by atoms with Crippen LogP contribution >= 0.6 is 0 Å². The maximum atomic E-state index is 2.40. The van der Waals surface area contributed by atoms with E-state index in [-0.39, 0.29) is 0 Å². The zero-order chi connectivity index (χ0) is 6.97. The highest BCUT2D eigenvalue weighted by molar-refractivity contribution is 5.14. The maximum absolute atomic E-state index is 2.40. The Labute approximate surface area is 62.6 Å². The maximum Gasteiger partial charge on any atom is -0.0164 e. The average Bonchev–Trinajstić information content (AvgIpc) is 2.33. The van der Waals surface area contributed by atoms with Gasteiger partial charge in [0.1, 0.15) is 0 Å². The lowest BCUT2D eigenvalue weighted by molar-refractivity contribution is 0.404. The minimum atomic E-state index is 0.892. The van der Waals surface area contributed by atoms with E-state index < -0.39 is 0 Å². The molecule has 2 aliphatic rings. The molecule has 0 aliphatic heterocycles. The van der Waals surface area contributed by atoms with E-state index in [0.717, 1.165) is 11.8 Å². The van der Waals surface area contributed by atoms with Gasteiger partial charge in [0, 0.05) is 0 Å². The summed E-state index contributed by atoms with van der Waals surface area (Å²) in [6, 6.07) is 0. The van der Waals surface area contributed by atoms with Gasteiger partial charge in [-0.25, -0.2) is 0 Å². The van der Waals surface area contributed by atoms with Gasteiger partial charge in [-0.1, -0.05) is 23.8 Å². The molecule has 0 fully saturated rings. The lowest BCUT2D eigenvalue weighted by atomic mass is 9.82. The molecule has 0 N–H and O–H groups in total. The van der Waals surface area contributed by atoms with Crippen LogP contribution in [0.1, 0.15) is 26.2 Å². The number of fused-ring (bicyclic) bond motifs is 1. The van der Waals surface area contributed by atoms with Gasteiger partial charge in [-0.05, 0) is 38.0 Å². The highest BCUT2D eigenvalue weighted by Crippen LogP contribution is 2.36. The Morgan fingerprint density at radius 2 is 2.30 bits per heavy atom. The predicted octanol–water partition coefficient (Wildman–Crippen LogP) is 2.92. The van der Waals surface area contributed by atoms with Crippen molar-refractivity contribution >= 4 is 0 Å². The molecule has 0 bridgehead atoms. The normalized spacial score (nSPS) is 37.5. The van der Waals surface area contributed by atoms with Crippen molar-refractivity contribution < 1.29 is 0 Å². The largest absolute Gasteiger partial charge is 0.0879 e. The summed E-state index contributed by atoms with van der Waals surface area (Å²) in [5.41, 5.74) is 1.60. The van der Waals surface area contributed by atoms with Crippen molar-refractivity contribution in [1.29, 1.82) is 0 Å². The Bertz CT molecular complexity index is 186. The second-order valence-electron chi connectivity index (χ2n) is 3.58. The third kappa shape index (κ3) is 0.920. The minimum absolute atomic E-state index is 0.892. The third-order valence-corrected chi connectivity index (χ3v) is 2.75. The first-order valence-electron chi connectivity index (χ1n) is 4.18. The van der Waals surface area contributed by atoms with Crippen molar-refractivity contribution in [3.63, 3.8) is 0 Å². The summed E-state index contributed by atoms with van der Waals surface area (Å²) < 4.78 is 0. The lowest BCUT2D eigenvalue weighted by Gasteiger charge is -2.23. The van der Waals surface area contributed by atoms with E-state index in [1.165, 1.54) is 19.3 Å². The Morgan fingerprint density at radius 1 is 1.40 bits per heavy atom. The fourth-order valence-electron chi connectivity index (χ4n) is 2.10. The topological polar surface area (TPSA) is 0 Å². The van der Waals surface area contributed by atoms with Crippen molar-refractivity contribution in [3.05, 3.63) is 23.8 Å². The van der Waals surface area contributed by atoms with Gasteiger partial charge in [0.15, 0.2) is 0 Å². The first-order valence-corrected chi connectivity index (χ1v) is 4.18. The smallest absolute Gasteiger partial charge is 0.0164 e. The molecule has 0 radical (unpaired) electrons. The summed E-state index contributed by atoms with van der Waals surface area (Å²) in [5.74, 6) is 1.86. The molecule has 0 aromatic heterocycles. The van der Waals surface area contributed by atoms with Crippen molar-refractivity contribution in [3.8, 4) is 0 Å². The SMILES string of the molecule is CC1=CC[C@@H]2C=CC[C@@H]2C1. The van der Waals surface area contributed by atoms with E-state index in [4.69, 9.17) is 0 Å². The first-order chi connectivity index (χ1) is 4.86. The second-order valence-corrected chi connectivity index (χ2v) is 3.58. The van der Waals surface area contributed by atoms with E-state index in [1.807, 2.05) is 0 Å². The van der Waals surface area contributed by atoms with E-state index in [1.54, 1.807) is 5.57 Å². The molecule has 0 amide bonds. The van der Waals surface area contributed by atoms with Gasteiger partial charge in [-0.15, -0.1) is 0 Å². The van der Waals surface area contributed by atoms with Gasteiger partial charge >= 0.3 is 0 Å². The van der Waals surface area contributed by atoms with Gasteiger partial charge in [-0.3, -0.25) is 0 Å². The van der Waals surface area contributed by atoms with E-state index >= 15 is 0 Å². The molecule has 0 spiro atoms. The Morgan fingerprint density at radius 3 is 3.20 bits per heavy atom. The molecule has 0 heteroatoms. The average molecular weight is 134 g/mol. The highest BCUT2D eigenvalue weighted by Gasteiger charge is 2.24. The summed E-state index contributed by atoms with van der Waals surface area (Å²) >= 11 is 0. The third-order valence-electron chi connectivity index (χ3n) is 2.75. The molecule has 0 saturated carbocycles. The Kier molecular flexibility index (Phi) is 1.40. The standard InChI is InChI=1S/C10H14/c1-8-5-6-9-3-2-4-10(9)7-8/h2-3,5,9-10H,4,6-7H2,1H3/t9-,10+/m0/s1. The van der Waals surface area contributed by atoms with Crippen LogP contribution in [0.2, 0.25) is 0 Å². The monoisotopic (exact) mass is 134 g/mol. The quantitative estimate of drug-likeness (QED) is 0.447. The van der Waals surface area contributed by atoms with Crippen LogP contribution in [-0.2, 0) is 0 Å². The number of hydrogen-bond donors (Lipinski definition) is 0. The molecule has 0 aromatic rings. The van der Waals surface area contributed by atoms with Crippen LogP contribution < -0.4 is 0 Å². The fourth-order valence-corrected chi connectivity index (χ4v) is 2.10. The van der Waals surface area contributed by atoms with Crippen molar-refractivity contribution in [1.82, 2.24) is 0 Å². The zero-order valence-corrected chi connectivity index (χ0v) is 6.51. The highest BCUT2D eigenvalue weighted by atomic mass is 14.3. The van der Waals surface area contributed by atoms with Crippen LogP contribution in [0.5, 0.6) is 0 Å². The van der Waals surface area contributed by atoms with E-state index in [0.29, 0.717) is 0 Å². The van der Waals surface area contributed by atoms with Crippen LogP contribution in [0.15, 0.2) is 23.8 Å². The first kappa shape index (κ1) is 6.21. The lowest BCUT2D eigenvalue weighted by Crippen LogP contribution is -2.11. The predicted molar refractivity (Wildman–Crippen MR) is 43.7 cm³/mol. The summed E-state index contributed by atoms with van der Waals surface area (Å²) in [7, 11) is 0. The van der Waals surface area contributed by atoms with Gasteiger partial charge in [0.05, 0.1) is 0 Å². The van der Waals surface area contributed by atoms with Crippen molar-refractivity contribution in [2.24, 2.45) is 11.8 Å². The van der Waals surface area contributed by atoms with Crippen LogP contribution in [0.3, 0.4) is 0 Å². The molecule has 10 heavy (non-hydrogen) atoms. The van der Waals surface area contributed by atoms with Gasteiger partial charge in [0.25, 0.3) is 0 Å². The zero-order valence-electron chi connectivity index (χ0n) is 6.51. The number of allylic oxidation sites excluding steroid dienone is 4. The molecular weight excluding hydrogens is 120 g/mol. The fraction of sp³-hybridized carbons (Fsp3) is 0.600. The molecule has 0 nitrogen and oxygen atoms in total. The number of hydrogen-bond acceptors (Lipinski definition) is 0. The summed E-state index contributed by atoms with van der Waals surface area (Å²) in [6.45, 7) is 2.26. The molecule has 0 heterocycles. The molecular formula is C10H14. The molecule has 54 valence electrons. The summed E-state index contributed by atoms with van der Waals surface area (Å²) in [6.07, 6.45) is 11.1. The van der Waals surface area contributed by atoms with Crippen LogP contribution in [0.25, 0.3) is 0 Å². The van der Waals surface area contributed by atoms with Crippen molar-refractivity contribution in [2.45, 2.75) is 26.2 Å². The second kappa shape index (κ2) is 2.26. The Balaban J connectivity index is 2.13. The molecule has 0 saturated heterocycles. The summed E-state index contributed by atoms with van der Waals surface area (Å²) in [5, 5.41) is 0. The Hall–Kier alpha value is -0.520. The van der Waals surface area contributed by atoms with E-state index in [2.05, 4.69) is 25.2 Å². The van der Waals surface area contributed by atoms with Gasteiger partial charge in [-0.2, -0.15) is 0 Å². The molecule has 2 rings (SSSR count). The molecule has 0 unspecified atom stereocenters. The van der Waals surface area contributed by atoms with E-state index in [9.17, 15) is 0 Å². The van der Waals surface area contributed by atoms with Gasteiger partial charge in [0.2, 0.25) is 0 Å². The molecule has 0 aromatic carbocycles. The minimum Gasteiger partial charge on any atom is -0.0879 e. The molecule has 2 atom stereocenters. The van der Waals surface area contributed by atoms with Crippen LogP contribution in [0, 0.1) is 11.8 Å². The van der Waals surface area contributed by atoms with Crippen LogP contribution in [0.4, 0.5) is 0 Å².